The van der Waals surface area contributed by atoms with Gasteiger partial charge in [0.05, 0.1) is 10.5 Å². The molecule has 156 valence electrons. The van der Waals surface area contributed by atoms with E-state index in [2.05, 4.69) is 5.32 Å². The highest BCUT2D eigenvalue weighted by atomic mass is 35.5. The second-order valence-corrected chi connectivity index (χ2v) is 6.79. The van der Waals surface area contributed by atoms with Crippen molar-refractivity contribution < 1.29 is 22.9 Å². The molecule has 1 amide bonds. The molecular weight excluding hydrogens is 401 g/mol. The summed E-state index contributed by atoms with van der Waals surface area (Å²) >= 11 is 0. The Hall–Kier alpha value is -2.07. The number of carbonyl (C=O) groups excluding carboxylic acids is 1. The predicted octanol–water partition coefficient (Wildman–Crippen LogP) is 2.68. The Labute approximate surface area is 166 Å². The number of piperazine rings is 1. The number of hydrogen-bond donors (Lipinski definition) is 1. The van der Waals surface area contributed by atoms with Crippen LogP contribution in [-0.4, -0.2) is 55.0 Å². The number of anilines is 1. The van der Waals surface area contributed by atoms with Crippen molar-refractivity contribution in [2.75, 3.05) is 44.2 Å². The van der Waals surface area contributed by atoms with Crippen LogP contribution in [0.2, 0.25) is 0 Å². The van der Waals surface area contributed by atoms with Gasteiger partial charge < -0.3 is 15.1 Å². The number of nitrogens with zero attached hydrogens (tertiary/aromatic N) is 3. The van der Waals surface area contributed by atoms with Crippen LogP contribution in [0, 0.1) is 16.0 Å². The molecule has 0 saturated carbocycles. The maximum Gasteiger partial charge on any atom is 0.416 e. The molecule has 2 aliphatic rings. The average Bonchev–Trinajstić information content (AvgIpc) is 2.67. The maximum atomic E-state index is 12.8. The summed E-state index contributed by atoms with van der Waals surface area (Å²) in [5.41, 5.74) is -1.46. The first kappa shape index (κ1) is 22.2. The molecule has 1 aromatic carbocycles. The summed E-state index contributed by atoms with van der Waals surface area (Å²) in [7, 11) is 0. The fourth-order valence-corrected chi connectivity index (χ4v) is 3.61. The van der Waals surface area contributed by atoms with Gasteiger partial charge in [-0.3, -0.25) is 14.9 Å². The first-order chi connectivity index (χ1) is 12.8. The molecule has 2 saturated heterocycles. The van der Waals surface area contributed by atoms with Gasteiger partial charge in [-0.05, 0) is 38.1 Å². The molecule has 1 aromatic rings. The molecule has 1 N–H and O–H groups in total. The molecule has 2 heterocycles. The van der Waals surface area contributed by atoms with Crippen LogP contribution in [0.15, 0.2) is 18.2 Å². The lowest BCUT2D eigenvalue weighted by Gasteiger charge is -2.38. The van der Waals surface area contributed by atoms with Crippen molar-refractivity contribution >= 4 is 29.7 Å². The van der Waals surface area contributed by atoms with Crippen LogP contribution < -0.4 is 10.2 Å². The minimum atomic E-state index is -4.64. The van der Waals surface area contributed by atoms with E-state index in [1.807, 2.05) is 0 Å². The smallest absolute Gasteiger partial charge is 0.362 e. The fraction of sp³-hybridized carbons (Fsp3) is 0.588. The average molecular weight is 423 g/mol. The summed E-state index contributed by atoms with van der Waals surface area (Å²) in [6, 6.07) is 2.57. The van der Waals surface area contributed by atoms with Crippen LogP contribution in [-0.2, 0) is 11.0 Å². The van der Waals surface area contributed by atoms with Crippen molar-refractivity contribution in [1.29, 1.82) is 0 Å². The number of nitrogens with one attached hydrogen (secondary N) is 1. The molecule has 2 fully saturated rings. The highest BCUT2D eigenvalue weighted by molar-refractivity contribution is 5.85. The number of nitro benzene ring substituents is 1. The Morgan fingerprint density at radius 1 is 1.14 bits per heavy atom. The number of hydrogen-bond acceptors (Lipinski definition) is 5. The van der Waals surface area contributed by atoms with Crippen molar-refractivity contribution in [3.63, 3.8) is 0 Å². The minimum Gasteiger partial charge on any atom is -0.362 e. The van der Waals surface area contributed by atoms with E-state index in [4.69, 9.17) is 0 Å². The van der Waals surface area contributed by atoms with Crippen LogP contribution in [0.4, 0.5) is 24.5 Å². The molecule has 0 atom stereocenters. The number of piperidine rings is 1. The van der Waals surface area contributed by atoms with Gasteiger partial charge in [0.1, 0.15) is 5.69 Å². The lowest BCUT2D eigenvalue weighted by molar-refractivity contribution is -0.384. The molecule has 0 bridgehead atoms. The topological polar surface area (TPSA) is 78.7 Å². The Morgan fingerprint density at radius 3 is 2.29 bits per heavy atom. The van der Waals surface area contributed by atoms with Crippen molar-refractivity contribution in [1.82, 2.24) is 10.2 Å². The van der Waals surface area contributed by atoms with Gasteiger partial charge in [0.15, 0.2) is 0 Å². The number of halogens is 4. The SMILES string of the molecule is Cl.O=C(C1CCNCC1)N1CCN(c2ccc(C(F)(F)F)cc2[N+](=O)[O-])CC1. The molecule has 0 radical (unpaired) electrons. The van der Waals surface area contributed by atoms with Crippen LogP contribution >= 0.6 is 12.4 Å². The Morgan fingerprint density at radius 2 is 1.75 bits per heavy atom. The molecule has 0 aliphatic carbocycles. The summed E-state index contributed by atoms with van der Waals surface area (Å²) in [6.07, 6.45) is -3.05. The van der Waals surface area contributed by atoms with E-state index >= 15 is 0 Å². The van der Waals surface area contributed by atoms with Gasteiger partial charge in [0, 0.05) is 38.2 Å². The summed E-state index contributed by atoms with van der Waals surface area (Å²) in [4.78, 5) is 26.5. The van der Waals surface area contributed by atoms with E-state index < -0.39 is 22.4 Å². The number of amides is 1. The molecule has 28 heavy (non-hydrogen) atoms. The Kier molecular flexibility index (Phi) is 7.11. The van der Waals surface area contributed by atoms with E-state index in [1.54, 1.807) is 9.80 Å². The molecule has 0 aromatic heterocycles. The minimum absolute atomic E-state index is 0. The van der Waals surface area contributed by atoms with Crippen molar-refractivity contribution in [2.45, 2.75) is 19.0 Å². The number of benzene rings is 1. The van der Waals surface area contributed by atoms with Gasteiger partial charge in [0.25, 0.3) is 5.69 Å². The highest BCUT2D eigenvalue weighted by Gasteiger charge is 2.35. The van der Waals surface area contributed by atoms with E-state index in [9.17, 15) is 28.1 Å². The van der Waals surface area contributed by atoms with Gasteiger partial charge in [-0.2, -0.15) is 13.2 Å². The molecule has 2 aliphatic heterocycles. The zero-order valence-electron chi connectivity index (χ0n) is 15.1. The monoisotopic (exact) mass is 422 g/mol. The van der Waals surface area contributed by atoms with Gasteiger partial charge in [0.2, 0.25) is 5.91 Å². The summed E-state index contributed by atoms with van der Waals surface area (Å²) in [6.45, 7) is 3.13. The van der Waals surface area contributed by atoms with Gasteiger partial charge in [-0.1, -0.05) is 0 Å². The second-order valence-electron chi connectivity index (χ2n) is 6.79. The van der Waals surface area contributed by atoms with E-state index in [1.165, 1.54) is 0 Å². The Balaban J connectivity index is 0.00000280. The third kappa shape index (κ3) is 4.85. The zero-order valence-corrected chi connectivity index (χ0v) is 15.9. The van der Waals surface area contributed by atoms with E-state index in [-0.39, 0.29) is 29.9 Å². The normalized spacial score (nSPS) is 18.5. The molecular formula is C17H22ClF3N4O3. The lowest BCUT2D eigenvalue weighted by Crippen LogP contribution is -2.51. The van der Waals surface area contributed by atoms with E-state index in [0.29, 0.717) is 32.2 Å². The first-order valence-corrected chi connectivity index (χ1v) is 8.87. The molecule has 7 nitrogen and oxygen atoms in total. The number of rotatable bonds is 3. The Bertz CT molecular complexity index is 718. The van der Waals surface area contributed by atoms with Crippen molar-refractivity contribution in [3.8, 4) is 0 Å². The number of alkyl halides is 3. The van der Waals surface area contributed by atoms with E-state index in [0.717, 1.165) is 38.1 Å². The van der Waals surface area contributed by atoms with Crippen LogP contribution in [0.3, 0.4) is 0 Å². The van der Waals surface area contributed by atoms with Crippen molar-refractivity contribution in [2.24, 2.45) is 5.92 Å². The third-order valence-electron chi connectivity index (χ3n) is 5.12. The highest BCUT2D eigenvalue weighted by Crippen LogP contribution is 2.36. The molecule has 11 heteroatoms. The van der Waals surface area contributed by atoms with Gasteiger partial charge >= 0.3 is 6.18 Å². The molecule has 0 unspecified atom stereocenters. The number of nitro groups is 1. The largest absolute Gasteiger partial charge is 0.416 e. The first-order valence-electron chi connectivity index (χ1n) is 8.87. The summed E-state index contributed by atoms with van der Waals surface area (Å²) in [5.74, 6) is 0.0938. The number of carbonyl (C=O) groups is 1. The van der Waals surface area contributed by atoms with Gasteiger partial charge in [-0.15, -0.1) is 12.4 Å². The second kappa shape index (κ2) is 8.95. The zero-order chi connectivity index (χ0) is 19.6. The third-order valence-corrected chi connectivity index (χ3v) is 5.12. The quantitative estimate of drug-likeness (QED) is 0.598. The van der Waals surface area contributed by atoms with Crippen LogP contribution in [0.25, 0.3) is 0 Å². The lowest BCUT2D eigenvalue weighted by atomic mass is 9.96. The summed E-state index contributed by atoms with van der Waals surface area (Å²) < 4.78 is 38.5. The van der Waals surface area contributed by atoms with Gasteiger partial charge in [-0.25, -0.2) is 0 Å². The summed E-state index contributed by atoms with van der Waals surface area (Å²) in [5, 5.41) is 14.5. The molecule has 3 rings (SSSR count). The fourth-order valence-electron chi connectivity index (χ4n) is 3.61. The predicted molar refractivity (Wildman–Crippen MR) is 99.7 cm³/mol. The van der Waals surface area contributed by atoms with Crippen LogP contribution in [0.1, 0.15) is 18.4 Å². The van der Waals surface area contributed by atoms with Crippen LogP contribution in [0.5, 0.6) is 0 Å². The standard InChI is InChI=1S/C17H21F3N4O3.ClH/c18-17(19,20)13-1-2-14(15(11-13)24(26)27)22-7-9-23(10-8-22)16(25)12-3-5-21-6-4-12;/h1-2,11-12,21H,3-10H2;1H. The maximum absolute atomic E-state index is 12.8. The molecule has 0 spiro atoms. The van der Waals surface area contributed by atoms with Crippen molar-refractivity contribution in [3.05, 3.63) is 33.9 Å².